The average Bonchev–Trinajstić information content (AvgIpc) is 2.86. The van der Waals surface area contributed by atoms with Gasteiger partial charge in [0.25, 0.3) is 0 Å². The molecule has 2 heterocycles. The smallest absolute Gasteiger partial charge is 0.142 e. The summed E-state index contributed by atoms with van der Waals surface area (Å²) >= 11 is 1.79. The number of nitrogens with zero attached hydrogens (tertiary/aromatic N) is 2. The molecule has 2 atom stereocenters. The Hall–Kier alpha value is -1.45. The summed E-state index contributed by atoms with van der Waals surface area (Å²) < 4.78 is 11.3. The van der Waals surface area contributed by atoms with Gasteiger partial charge in [0.05, 0.1) is 6.20 Å². The Kier molecular flexibility index (Phi) is 4.28. The molecule has 1 aromatic heterocycles. The molecule has 0 radical (unpaired) electrons. The number of ether oxygens (including phenoxy) is 2. The molecule has 1 saturated heterocycles. The van der Waals surface area contributed by atoms with Gasteiger partial charge in [-0.15, -0.1) is 0 Å². The van der Waals surface area contributed by atoms with E-state index in [1.165, 1.54) is 6.20 Å². The summed E-state index contributed by atoms with van der Waals surface area (Å²) in [6.45, 7) is 0. The molecule has 18 heavy (non-hydrogen) atoms. The van der Waals surface area contributed by atoms with E-state index in [1.54, 1.807) is 32.0 Å². The zero-order valence-corrected chi connectivity index (χ0v) is 11.2. The van der Waals surface area contributed by atoms with Crippen LogP contribution < -0.4 is 10.1 Å². The number of methoxy groups -OCH3 is 1. The molecular formula is C12H15N3O2S. The van der Waals surface area contributed by atoms with Gasteiger partial charge in [-0.25, -0.2) is 4.98 Å². The highest BCUT2D eigenvalue weighted by Gasteiger charge is 2.30. The Morgan fingerprint density at radius 3 is 2.94 bits per heavy atom. The first kappa shape index (κ1) is 13.0. The molecule has 2 unspecified atom stereocenters. The van der Waals surface area contributed by atoms with Crippen LogP contribution in [0.15, 0.2) is 12.3 Å². The van der Waals surface area contributed by atoms with Gasteiger partial charge in [0.1, 0.15) is 35.4 Å². The number of anilines is 1. The lowest BCUT2D eigenvalue weighted by Gasteiger charge is -2.20. The third-order valence-corrected chi connectivity index (χ3v) is 3.93. The van der Waals surface area contributed by atoms with Crippen LogP contribution in [0.2, 0.25) is 0 Å². The van der Waals surface area contributed by atoms with E-state index in [-0.39, 0.29) is 12.2 Å². The van der Waals surface area contributed by atoms with Gasteiger partial charge >= 0.3 is 0 Å². The molecule has 96 valence electrons. The third kappa shape index (κ3) is 2.68. The van der Waals surface area contributed by atoms with Crippen molar-refractivity contribution in [2.45, 2.75) is 12.2 Å². The highest BCUT2D eigenvalue weighted by atomic mass is 32.2. The lowest BCUT2D eigenvalue weighted by molar-refractivity contribution is 0.0348. The van der Waals surface area contributed by atoms with Crippen LogP contribution in [0.4, 0.5) is 5.82 Å². The minimum absolute atomic E-state index is 0.0146. The van der Waals surface area contributed by atoms with Crippen molar-refractivity contribution in [2.24, 2.45) is 0 Å². The lowest BCUT2D eigenvalue weighted by Crippen LogP contribution is -2.31. The van der Waals surface area contributed by atoms with Crippen molar-refractivity contribution < 1.29 is 9.47 Å². The Morgan fingerprint density at radius 2 is 2.28 bits per heavy atom. The molecule has 1 aromatic rings. The molecule has 1 aliphatic heterocycles. The van der Waals surface area contributed by atoms with E-state index in [0.29, 0.717) is 17.1 Å². The van der Waals surface area contributed by atoms with Crippen LogP contribution in [0.5, 0.6) is 5.75 Å². The van der Waals surface area contributed by atoms with Crippen molar-refractivity contribution in [3.63, 3.8) is 0 Å². The quantitative estimate of drug-likeness (QED) is 0.890. The predicted molar refractivity (Wildman–Crippen MR) is 71.0 cm³/mol. The average molecular weight is 265 g/mol. The summed E-state index contributed by atoms with van der Waals surface area (Å²) in [4.78, 5) is 4.09. The van der Waals surface area contributed by atoms with E-state index in [2.05, 4.69) is 16.4 Å². The first-order chi connectivity index (χ1) is 8.78. The SMILES string of the molecule is CNc1cc(OC2CSCC2OC)c(C#N)cn1. The fourth-order valence-electron chi connectivity index (χ4n) is 1.76. The highest BCUT2D eigenvalue weighted by molar-refractivity contribution is 7.99. The normalized spacial score (nSPS) is 22.5. The number of rotatable bonds is 4. The number of aromatic nitrogens is 1. The minimum Gasteiger partial charge on any atom is -0.485 e. The van der Waals surface area contributed by atoms with Crippen LogP contribution in [0.1, 0.15) is 5.56 Å². The number of hydrogen-bond donors (Lipinski definition) is 1. The lowest BCUT2D eigenvalue weighted by atomic mass is 10.2. The Balaban J connectivity index is 2.19. The van der Waals surface area contributed by atoms with Gasteiger partial charge in [0.2, 0.25) is 0 Å². The van der Waals surface area contributed by atoms with Gasteiger partial charge < -0.3 is 14.8 Å². The van der Waals surface area contributed by atoms with Gasteiger partial charge in [-0.3, -0.25) is 0 Å². The van der Waals surface area contributed by atoms with Gasteiger partial charge in [-0.05, 0) is 0 Å². The molecule has 0 aromatic carbocycles. The van der Waals surface area contributed by atoms with Crippen molar-refractivity contribution in [2.75, 3.05) is 31.0 Å². The molecule has 0 bridgehead atoms. The molecule has 1 fully saturated rings. The first-order valence-electron chi connectivity index (χ1n) is 5.63. The second kappa shape index (κ2) is 5.94. The molecular weight excluding hydrogens is 250 g/mol. The topological polar surface area (TPSA) is 67.2 Å². The largest absolute Gasteiger partial charge is 0.485 e. The molecule has 6 heteroatoms. The highest BCUT2D eigenvalue weighted by Crippen LogP contribution is 2.28. The number of pyridine rings is 1. The zero-order chi connectivity index (χ0) is 13.0. The number of thioether (sulfide) groups is 1. The number of nitriles is 1. The second-order valence-electron chi connectivity index (χ2n) is 3.90. The van der Waals surface area contributed by atoms with Crippen LogP contribution in [-0.2, 0) is 4.74 Å². The molecule has 2 rings (SSSR count). The van der Waals surface area contributed by atoms with Gasteiger partial charge in [-0.2, -0.15) is 17.0 Å². The summed E-state index contributed by atoms with van der Waals surface area (Å²) in [5, 5.41) is 12.0. The maximum absolute atomic E-state index is 9.05. The summed E-state index contributed by atoms with van der Waals surface area (Å²) in [6.07, 6.45) is 1.58. The fourth-order valence-corrected chi connectivity index (χ4v) is 3.00. The van der Waals surface area contributed by atoms with E-state index in [1.807, 2.05) is 0 Å². The van der Waals surface area contributed by atoms with Crippen LogP contribution in [0, 0.1) is 11.3 Å². The van der Waals surface area contributed by atoms with Crippen molar-refractivity contribution in [1.29, 1.82) is 5.26 Å². The molecule has 0 amide bonds. The van der Waals surface area contributed by atoms with Crippen LogP contribution >= 0.6 is 11.8 Å². The molecule has 1 aliphatic rings. The van der Waals surface area contributed by atoms with Crippen LogP contribution in [0.25, 0.3) is 0 Å². The first-order valence-corrected chi connectivity index (χ1v) is 6.79. The van der Waals surface area contributed by atoms with Crippen molar-refractivity contribution in [1.82, 2.24) is 4.98 Å². The monoisotopic (exact) mass is 265 g/mol. The van der Waals surface area contributed by atoms with Crippen molar-refractivity contribution in [3.05, 3.63) is 17.8 Å². The van der Waals surface area contributed by atoms with E-state index in [0.717, 1.165) is 11.5 Å². The van der Waals surface area contributed by atoms with Gasteiger partial charge in [0, 0.05) is 31.7 Å². The molecule has 0 spiro atoms. The van der Waals surface area contributed by atoms with E-state index in [4.69, 9.17) is 14.7 Å². The Labute approximate surface area is 110 Å². The van der Waals surface area contributed by atoms with Crippen molar-refractivity contribution >= 4 is 17.6 Å². The van der Waals surface area contributed by atoms with Crippen LogP contribution in [0.3, 0.4) is 0 Å². The number of nitrogens with one attached hydrogen (secondary N) is 1. The third-order valence-electron chi connectivity index (χ3n) is 2.80. The number of hydrogen-bond acceptors (Lipinski definition) is 6. The Bertz CT molecular complexity index is 461. The van der Waals surface area contributed by atoms with Gasteiger partial charge in [0.15, 0.2) is 0 Å². The van der Waals surface area contributed by atoms with Crippen LogP contribution in [-0.4, -0.2) is 42.9 Å². The maximum Gasteiger partial charge on any atom is 0.142 e. The van der Waals surface area contributed by atoms with E-state index < -0.39 is 0 Å². The Morgan fingerprint density at radius 1 is 1.50 bits per heavy atom. The summed E-state index contributed by atoms with van der Waals surface area (Å²) in [6, 6.07) is 3.84. The van der Waals surface area contributed by atoms with Gasteiger partial charge in [-0.1, -0.05) is 0 Å². The predicted octanol–water partition coefficient (Wildman–Crippen LogP) is 1.50. The maximum atomic E-state index is 9.05. The van der Waals surface area contributed by atoms with E-state index in [9.17, 15) is 0 Å². The molecule has 0 saturated carbocycles. The van der Waals surface area contributed by atoms with E-state index >= 15 is 0 Å². The zero-order valence-electron chi connectivity index (χ0n) is 10.3. The summed E-state index contributed by atoms with van der Waals surface area (Å²) in [7, 11) is 3.46. The summed E-state index contributed by atoms with van der Waals surface area (Å²) in [5.41, 5.74) is 0.445. The second-order valence-corrected chi connectivity index (χ2v) is 4.97. The fraction of sp³-hybridized carbons (Fsp3) is 0.500. The molecule has 1 N–H and O–H groups in total. The minimum atomic E-state index is -0.0146. The van der Waals surface area contributed by atoms with Crippen molar-refractivity contribution in [3.8, 4) is 11.8 Å². The molecule has 5 nitrogen and oxygen atoms in total. The summed E-state index contributed by atoms with van der Waals surface area (Å²) in [5.74, 6) is 3.04. The standard InChI is InChI=1S/C12H15N3O2S/c1-14-12-3-9(8(4-13)5-15-12)17-11-7-18-6-10(11)16-2/h3,5,10-11H,6-7H2,1-2H3,(H,14,15). The molecule has 0 aliphatic carbocycles.